The van der Waals surface area contributed by atoms with Crippen molar-refractivity contribution in [2.24, 2.45) is 5.92 Å². The molecule has 0 saturated carbocycles. The Kier molecular flexibility index (Phi) is 3.91. The third-order valence-corrected chi connectivity index (χ3v) is 3.24. The van der Waals surface area contributed by atoms with Crippen molar-refractivity contribution in [3.8, 4) is 0 Å². The van der Waals surface area contributed by atoms with E-state index in [-0.39, 0.29) is 6.61 Å². The molecule has 1 aromatic rings. The van der Waals surface area contributed by atoms with Gasteiger partial charge in [-0.25, -0.2) is 9.97 Å². The van der Waals surface area contributed by atoms with Crippen LogP contribution in [0.4, 0.5) is 5.95 Å². The topological polar surface area (TPSA) is 52.5 Å². The van der Waals surface area contributed by atoms with Crippen molar-refractivity contribution in [3.63, 3.8) is 0 Å². The fourth-order valence-electron chi connectivity index (χ4n) is 2.27. The molecule has 1 saturated heterocycles. The summed E-state index contributed by atoms with van der Waals surface area (Å²) >= 11 is 0. The second-order valence-corrected chi connectivity index (χ2v) is 4.85. The van der Waals surface area contributed by atoms with E-state index in [2.05, 4.69) is 26.8 Å². The van der Waals surface area contributed by atoms with Crippen molar-refractivity contribution >= 4 is 5.95 Å². The van der Waals surface area contributed by atoms with E-state index in [4.69, 9.17) is 5.11 Å². The first-order valence-electron chi connectivity index (χ1n) is 6.00. The molecular formula is C12H20N4O. The van der Waals surface area contributed by atoms with Gasteiger partial charge in [-0.3, -0.25) is 0 Å². The summed E-state index contributed by atoms with van der Waals surface area (Å²) in [4.78, 5) is 12.9. The summed E-state index contributed by atoms with van der Waals surface area (Å²) in [5.74, 6) is 1.43. The zero-order valence-corrected chi connectivity index (χ0v) is 10.5. The molecule has 0 spiro atoms. The van der Waals surface area contributed by atoms with Gasteiger partial charge in [-0.15, -0.1) is 0 Å². The van der Waals surface area contributed by atoms with Crippen LogP contribution in [-0.4, -0.2) is 53.7 Å². The van der Waals surface area contributed by atoms with Crippen LogP contribution in [0, 0.1) is 5.92 Å². The molecule has 1 fully saturated rings. The molecule has 5 nitrogen and oxygen atoms in total. The van der Waals surface area contributed by atoms with Gasteiger partial charge in [0.2, 0.25) is 5.95 Å². The number of aliphatic hydroxyl groups excluding tert-OH is 1. The molecule has 1 atom stereocenters. The van der Waals surface area contributed by atoms with Crippen LogP contribution in [0.1, 0.15) is 12.0 Å². The highest BCUT2D eigenvalue weighted by atomic mass is 16.3. The van der Waals surface area contributed by atoms with Crippen LogP contribution >= 0.6 is 0 Å². The smallest absolute Gasteiger partial charge is 0.225 e. The minimum atomic E-state index is -0.00257. The Bertz CT molecular complexity index is 354. The molecule has 0 radical (unpaired) electrons. The lowest BCUT2D eigenvalue weighted by Gasteiger charge is -2.21. The first-order valence-corrected chi connectivity index (χ1v) is 6.00. The highest BCUT2D eigenvalue weighted by molar-refractivity contribution is 5.28. The molecule has 2 rings (SSSR count). The van der Waals surface area contributed by atoms with Crippen LogP contribution in [0.25, 0.3) is 0 Å². The fourth-order valence-corrected chi connectivity index (χ4v) is 2.27. The second-order valence-electron chi connectivity index (χ2n) is 4.85. The zero-order chi connectivity index (χ0) is 12.3. The fraction of sp³-hybridized carbons (Fsp3) is 0.667. The number of anilines is 1. The third-order valence-electron chi connectivity index (χ3n) is 3.24. The summed E-state index contributed by atoms with van der Waals surface area (Å²) in [6.45, 7) is 3.32. The Labute approximate surface area is 102 Å². The molecule has 2 heterocycles. The van der Waals surface area contributed by atoms with Crippen molar-refractivity contribution < 1.29 is 5.11 Å². The minimum Gasteiger partial charge on any atom is -0.392 e. The lowest BCUT2D eigenvalue weighted by molar-refractivity contribution is 0.281. The van der Waals surface area contributed by atoms with E-state index in [1.54, 1.807) is 12.4 Å². The molecule has 1 N–H and O–H groups in total. The van der Waals surface area contributed by atoms with Gasteiger partial charge in [-0.2, -0.15) is 0 Å². The maximum Gasteiger partial charge on any atom is 0.225 e. The molecule has 1 aromatic heterocycles. The number of hydrogen-bond donors (Lipinski definition) is 1. The number of hydrogen-bond acceptors (Lipinski definition) is 5. The van der Waals surface area contributed by atoms with E-state index in [9.17, 15) is 0 Å². The van der Waals surface area contributed by atoms with E-state index >= 15 is 0 Å². The molecule has 0 aliphatic carbocycles. The van der Waals surface area contributed by atoms with Crippen LogP contribution in [0.3, 0.4) is 0 Å². The van der Waals surface area contributed by atoms with Gasteiger partial charge in [0.05, 0.1) is 6.61 Å². The number of nitrogens with zero attached hydrogens (tertiary/aromatic N) is 4. The molecule has 94 valence electrons. The normalized spacial score (nSPS) is 20.8. The molecule has 0 aromatic carbocycles. The molecule has 1 aliphatic heterocycles. The van der Waals surface area contributed by atoms with Crippen molar-refractivity contribution in [1.29, 1.82) is 0 Å². The van der Waals surface area contributed by atoms with Crippen molar-refractivity contribution in [3.05, 3.63) is 18.0 Å². The van der Waals surface area contributed by atoms with Gasteiger partial charge in [0.25, 0.3) is 0 Å². The average molecular weight is 236 g/mol. The summed E-state index contributed by atoms with van der Waals surface area (Å²) in [7, 11) is 4.18. The summed E-state index contributed by atoms with van der Waals surface area (Å²) in [6.07, 6.45) is 4.61. The molecule has 0 amide bonds. The van der Waals surface area contributed by atoms with Gasteiger partial charge in [0.1, 0.15) is 0 Å². The van der Waals surface area contributed by atoms with E-state index < -0.39 is 0 Å². The summed E-state index contributed by atoms with van der Waals surface area (Å²) < 4.78 is 0. The molecule has 1 unspecified atom stereocenters. The Morgan fingerprint density at radius 3 is 2.71 bits per heavy atom. The van der Waals surface area contributed by atoms with Gasteiger partial charge in [0, 0.05) is 38.1 Å². The first-order chi connectivity index (χ1) is 8.19. The van der Waals surface area contributed by atoms with Gasteiger partial charge < -0.3 is 14.9 Å². The summed E-state index contributed by atoms with van der Waals surface area (Å²) in [6, 6.07) is 0. The first kappa shape index (κ1) is 12.3. The third kappa shape index (κ3) is 3.14. The Morgan fingerprint density at radius 2 is 2.18 bits per heavy atom. The SMILES string of the molecule is CN1CCC(CN(C)c2ncc(CO)cn2)C1. The van der Waals surface area contributed by atoms with Crippen LogP contribution < -0.4 is 4.90 Å². The highest BCUT2D eigenvalue weighted by Gasteiger charge is 2.21. The van der Waals surface area contributed by atoms with Crippen molar-refractivity contribution in [1.82, 2.24) is 14.9 Å². The van der Waals surface area contributed by atoms with E-state index in [1.807, 2.05) is 7.05 Å². The zero-order valence-electron chi connectivity index (χ0n) is 10.5. The molecule has 0 bridgehead atoms. The summed E-state index contributed by atoms with van der Waals surface area (Å²) in [5, 5.41) is 8.93. The number of aromatic nitrogens is 2. The monoisotopic (exact) mass is 236 g/mol. The second kappa shape index (κ2) is 5.42. The van der Waals surface area contributed by atoms with E-state index in [1.165, 1.54) is 13.0 Å². The lowest BCUT2D eigenvalue weighted by atomic mass is 10.1. The number of likely N-dealkylation sites (tertiary alicyclic amines) is 1. The molecule has 5 heteroatoms. The average Bonchev–Trinajstić information content (AvgIpc) is 2.75. The quantitative estimate of drug-likeness (QED) is 0.818. The Morgan fingerprint density at radius 1 is 1.47 bits per heavy atom. The van der Waals surface area contributed by atoms with Gasteiger partial charge in [-0.1, -0.05) is 0 Å². The molecule has 1 aliphatic rings. The van der Waals surface area contributed by atoms with Crippen LogP contribution in [0.5, 0.6) is 0 Å². The number of rotatable bonds is 4. The highest BCUT2D eigenvalue weighted by Crippen LogP contribution is 2.17. The number of aliphatic hydroxyl groups is 1. The molecular weight excluding hydrogens is 216 g/mol. The van der Waals surface area contributed by atoms with Gasteiger partial charge in [0.15, 0.2) is 0 Å². The molecule has 17 heavy (non-hydrogen) atoms. The van der Waals surface area contributed by atoms with Crippen LogP contribution in [0.2, 0.25) is 0 Å². The lowest BCUT2D eigenvalue weighted by Crippen LogP contribution is -2.28. The Balaban J connectivity index is 1.92. The summed E-state index contributed by atoms with van der Waals surface area (Å²) in [5.41, 5.74) is 0.753. The van der Waals surface area contributed by atoms with Gasteiger partial charge >= 0.3 is 0 Å². The predicted octanol–water partition coefficient (Wildman–Crippen LogP) is 0.357. The van der Waals surface area contributed by atoms with Crippen LogP contribution in [0.15, 0.2) is 12.4 Å². The van der Waals surface area contributed by atoms with E-state index in [0.717, 1.165) is 24.6 Å². The maximum absolute atomic E-state index is 8.93. The maximum atomic E-state index is 8.93. The Hall–Kier alpha value is -1.20. The predicted molar refractivity (Wildman–Crippen MR) is 66.8 cm³/mol. The van der Waals surface area contributed by atoms with Crippen molar-refractivity contribution in [2.75, 3.05) is 38.6 Å². The van der Waals surface area contributed by atoms with Crippen LogP contribution in [-0.2, 0) is 6.61 Å². The van der Waals surface area contributed by atoms with Crippen molar-refractivity contribution in [2.45, 2.75) is 13.0 Å². The van der Waals surface area contributed by atoms with Gasteiger partial charge in [-0.05, 0) is 25.9 Å². The standard InChI is InChI=1S/C12H20N4O/c1-15-4-3-10(7-15)8-16(2)12-13-5-11(9-17)6-14-12/h5-6,10,17H,3-4,7-9H2,1-2H3. The van der Waals surface area contributed by atoms with E-state index in [0.29, 0.717) is 5.92 Å². The minimum absolute atomic E-state index is 0.00257. The largest absolute Gasteiger partial charge is 0.392 e.